The maximum Gasteiger partial charge on any atom is 0.494 e. The molecule has 0 aliphatic carbocycles. The molecule has 1 fully saturated rings. The molecule has 1 aliphatic rings. The number of furan rings is 1. The van der Waals surface area contributed by atoms with Gasteiger partial charge in [0.1, 0.15) is 11.2 Å². The molecule has 0 amide bonds. The van der Waals surface area contributed by atoms with E-state index in [0.29, 0.717) is 5.70 Å². The van der Waals surface area contributed by atoms with Crippen molar-refractivity contribution in [2.45, 2.75) is 45.8 Å². The van der Waals surface area contributed by atoms with Gasteiger partial charge in [0.15, 0.2) is 0 Å². The second-order valence-electron chi connectivity index (χ2n) is 13.3. The molecule has 0 unspecified atom stereocenters. The fraction of sp³-hybridized carbons (Fsp3) is 0.163. The van der Waals surface area contributed by atoms with E-state index in [0.717, 1.165) is 66.5 Å². The molecule has 5 heteroatoms. The van der Waals surface area contributed by atoms with E-state index in [1.165, 1.54) is 0 Å². The van der Waals surface area contributed by atoms with Gasteiger partial charge < -0.3 is 13.7 Å². The monoisotopic (exact) mass is 627 g/mol. The van der Waals surface area contributed by atoms with Gasteiger partial charge >= 0.3 is 7.12 Å². The highest BCUT2D eigenvalue weighted by Crippen LogP contribution is 2.40. The van der Waals surface area contributed by atoms with Crippen LogP contribution in [-0.4, -0.2) is 24.0 Å². The zero-order valence-corrected chi connectivity index (χ0v) is 28.1. The van der Waals surface area contributed by atoms with Crippen molar-refractivity contribution in [2.24, 2.45) is 4.99 Å². The summed E-state index contributed by atoms with van der Waals surface area (Å²) >= 11 is 0. The molecule has 0 atom stereocenters. The van der Waals surface area contributed by atoms with Crippen molar-refractivity contribution in [3.8, 4) is 11.1 Å². The van der Waals surface area contributed by atoms with Crippen LogP contribution in [0.15, 0.2) is 149 Å². The normalized spacial score (nSPS) is 15.4. The largest absolute Gasteiger partial charge is 0.494 e. The first kappa shape index (κ1) is 31.4. The minimum Gasteiger partial charge on any atom is -0.455 e. The van der Waals surface area contributed by atoms with Crippen LogP contribution in [0.1, 0.15) is 51.3 Å². The molecule has 0 radical (unpaired) electrons. The van der Waals surface area contributed by atoms with Crippen LogP contribution in [0.3, 0.4) is 0 Å². The van der Waals surface area contributed by atoms with Gasteiger partial charge in [-0.05, 0) is 51.2 Å². The van der Waals surface area contributed by atoms with Gasteiger partial charge in [0, 0.05) is 39.1 Å². The molecule has 2 heterocycles. The van der Waals surface area contributed by atoms with Crippen LogP contribution in [0.25, 0.3) is 44.3 Å². The molecule has 7 rings (SSSR count). The van der Waals surface area contributed by atoms with Crippen LogP contribution in [0, 0.1) is 0 Å². The van der Waals surface area contributed by atoms with Crippen LogP contribution in [0.5, 0.6) is 0 Å². The molecule has 1 aliphatic heterocycles. The van der Waals surface area contributed by atoms with E-state index in [9.17, 15) is 0 Å². The number of hydrogen-bond acceptors (Lipinski definition) is 4. The maximum atomic E-state index is 6.80. The highest BCUT2D eigenvalue weighted by molar-refractivity contribution is 6.62. The SMILES string of the molecule is C=C(/N=C(\C=C=C(C)c1cc(B2OC(C)(C)C(C)(C)O2)cc2c1oc1c(-c3ccccc3)cccc12)c1ccccc1)c1ccccc1. The van der Waals surface area contributed by atoms with Crippen LogP contribution < -0.4 is 5.46 Å². The second-order valence-corrected chi connectivity index (χ2v) is 13.3. The Morgan fingerprint density at radius 2 is 1.31 bits per heavy atom. The molecule has 6 aromatic rings. The van der Waals surface area contributed by atoms with Crippen molar-refractivity contribution in [1.29, 1.82) is 0 Å². The number of allylic oxidation sites excluding steroid dienone is 1. The summed E-state index contributed by atoms with van der Waals surface area (Å²) in [6.45, 7) is 14.6. The van der Waals surface area contributed by atoms with Gasteiger partial charge in [-0.25, -0.2) is 4.99 Å². The molecule has 48 heavy (non-hydrogen) atoms. The van der Waals surface area contributed by atoms with E-state index in [-0.39, 0.29) is 0 Å². The zero-order valence-electron chi connectivity index (χ0n) is 28.1. The molecule has 0 spiro atoms. The number of para-hydroxylation sites is 1. The van der Waals surface area contributed by atoms with Crippen LogP contribution >= 0.6 is 0 Å². The summed E-state index contributed by atoms with van der Waals surface area (Å²) in [5.74, 6) is 0. The first-order chi connectivity index (χ1) is 23.1. The summed E-state index contributed by atoms with van der Waals surface area (Å²) in [5, 5.41) is 2.04. The fourth-order valence-corrected chi connectivity index (χ4v) is 6.05. The number of nitrogens with zero attached hydrogens (tertiary/aromatic N) is 1. The molecule has 4 nitrogen and oxygen atoms in total. The van der Waals surface area contributed by atoms with E-state index in [4.69, 9.17) is 18.7 Å². The molecule has 1 aromatic heterocycles. The van der Waals surface area contributed by atoms with Gasteiger partial charge in [-0.1, -0.05) is 128 Å². The Morgan fingerprint density at radius 3 is 1.96 bits per heavy atom. The molecule has 1 saturated heterocycles. The van der Waals surface area contributed by atoms with Gasteiger partial charge in [-0.3, -0.25) is 0 Å². The predicted molar refractivity (Wildman–Crippen MR) is 200 cm³/mol. The fourth-order valence-electron chi connectivity index (χ4n) is 6.05. The molecular weight excluding hydrogens is 589 g/mol. The Kier molecular flexibility index (Phi) is 8.15. The lowest BCUT2D eigenvalue weighted by atomic mass is 9.77. The van der Waals surface area contributed by atoms with Crippen LogP contribution in [0.4, 0.5) is 0 Å². The lowest BCUT2D eigenvalue weighted by molar-refractivity contribution is 0.00578. The van der Waals surface area contributed by atoms with Gasteiger partial charge in [-0.2, -0.15) is 0 Å². The van der Waals surface area contributed by atoms with E-state index < -0.39 is 18.3 Å². The summed E-state index contributed by atoms with van der Waals surface area (Å²) in [5.41, 5.74) is 12.5. The molecule has 0 saturated carbocycles. The third-order valence-corrected chi connectivity index (χ3v) is 9.49. The average Bonchev–Trinajstić information content (AvgIpc) is 3.59. The number of fused-ring (bicyclic) bond motifs is 3. The Balaban J connectivity index is 1.42. The minimum absolute atomic E-state index is 0.473. The van der Waals surface area contributed by atoms with Crippen molar-refractivity contribution in [2.75, 3.05) is 0 Å². The summed E-state index contributed by atoms with van der Waals surface area (Å²) in [6.07, 6.45) is 1.93. The number of hydrogen-bond donors (Lipinski definition) is 0. The van der Waals surface area contributed by atoms with Gasteiger partial charge in [0.05, 0.1) is 22.6 Å². The van der Waals surface area contributed by atoms with E-state index in [2.05, 4.69) is 102 Å². The van der Waals surface area contributed by atoms with Gasteiger partial charge in [0.25, 0.3) is 0 Å². The van der Waals surface area contributed by atoms with E-state index >= 15 is 0 Å². The highest BCUT2D eigenvalue weighted by Gasteiger charge is 2.52. The lowest BCUT2D eigenvalue weighted by Crippen LogP contribution is -2.41. The lowest BCUT2D eigenvalue weighted by Gasteiger charge is -2.32. The molecule has 236 valence electrons. The Labute approximate surface area is 282 Å². The van der Waals surface area contributed by atoms with Crippen LogP contribution in [0.2, 0.25) is 0 Å². The minimum atomic E-state index is -0.534. The Hall–Kier alpha value is -5.19. The topological polar surface area (TPSA) is 44.0 Å². The van der Waals surface area contributed by atoms with Crippen molar-refractivity contribution in [3.63, 3.8) is 0 Å². The third kappa shape index (κ3) is 5.89. The third-order valence-electron chi connectivity index (χ3n) is 9.49. The molecule has 0 bridgehead atoms. The van der Waals surface area contributed by atoms with Crippen molar-refractivity contribution in [3.05, 3.63) is 156 Å². The molecule has 0 N–H and O–H groups in total. The number of rotatable bonds is 7. The Morgan fingerprint density at radius 1 is 0.708 bits per heavy atom. The number of aliphatic imine (C=N–C) groups is 1. The smallest absolute Gasteiger partial charge is 0.455 e. The summed E-state index contributed by atoms with van der Waals surface area (Å²) in [4.78, 5) is 4.96. The van der Waals surface area contributed by atoms with Crippen LogP contribution in [-0.2, 0) is 9.31 Å². The van der Waals surface area contributed by atoms with Crippen molar-refractivity contribution >= 4 is 51.5 Å². The molecule has 5 aromatic carbocycles. The maximum absolute atomic E-state index is 6.80. The summed E-state index contributed by atoms with van der Waals surface area (Å²) < 4.78 is 19.9. The average molecular weight is 628 g/mol. The summed E-state index contributed by atoms with van der Waals surface area (Å²) in [6, 6.07) is 41.1. The van der Waals surface area contributed by atoms with Gasteiger partial charge in [0.2, 0.25) is 0 Å². The summed E-state index contributed by atoms with van der Waals surface area (Å²) in [7, 11) is -0.534. The van der Waals surface area contributed by atoms with Crippen molar-refractivity contribution in [1.82, 2.24) is 0 Å². The predicted octanol–water partition coefficient (Wildman–Crippen LogP) is 10.3. The molecular formula is C43H38BNO3. The van der Waals surface area contributed by atoms with E-state index in [1.54, 1.807) is 0 Å². The first-order valence-electron chi connectivity index (χ1n) is 16.3. The first-order valence-corrected chi connectivity index (χ1v) is 16.3. The Bertz CT molecular complexity index is 2220. The quantitative estimate of drug-likeness (QED) is 0.101. The highest BCUT2D eigenvalue weighted by atomic mass is 16.7. The standard InChI is InChI=1S/C43H38BNO3/c1-29(25-26-39(33-21-14-9-15-22-33)45-30(2)31-17-10-7-11-18-31)37-27-34(44-47-42(3,4)43(5,6)48-44)28-38-36-24-16-23-35(40(36)46-41(37)38)32-19-12-8-13-20-32/h7-24,26-28H,2H2,1,3-6H3/b45-39+. The van der Waals surface area contributed by atoms with Crippen molar-refractivity contribution < 1.29 is 13.7 Å². The van der Waals surface area contributed by atoms with Gasteiger partial charge in [-0.15, -0.1) is 5.73 Å². The number of benzene rings is 5. The zero-order chi connectivity index (χ0) is 33.5. The van der Waals surface area contributed by atoms with E-state index in [1.807, 2.05) is 72.8 Å². The second kappa shape index (κ2) is 12.4.